The molecule has 3 rings (SSSR count). The molecule has 0 radical (unpaired) electrons. The fraction of sp³-hybridized carbons (Fsp3) is 0.294. The predicted molar refractivity (Wildman–Crippen MR) is 91.2 cm³/mol. The average Bonchev–Trinajstić information content (AvgIpc) is 3.01. The number of fused-ring (bicyclic) bond motifs is 1. The molecule has 1 aliphatic heterocycles. The molecule has 2 heterocycles. The van der Waals surface area contributed by atoms with Crippen molar-refractivity contribution < 1.29 is 14.7 Å². The van der Waals surface area contributed by atoms with E-state index in [1.54, 1.807) is 35.2 Å². The van der Waals surface area contributed by atoms with E-state index in [-0.39, 0.29) is 18.2 Å². The zero-order valence-electron chi connectivity index (χ0n) is 12.7. The lowest BCUT2D eigenvalue weighted by atomic mass is 9.89. The molecular formula is C17H16ClNO3S. The SMILES string of the molecule is CC(C)N1C(=O)C(O)(CC(=O)c2ccc(Cl)s2)c2ccccc21. The van der Waals surface area contributed by atoms with E-state index in [0.717, 1.165) is 11.3 Å². The lowest BCUT2D eigenvalue weighted by Gasteiger charge is -2.25. The Bertz CT molecular complexity index is 786. The number of thiophene rings is 1. The minimum absolute atomic E-state index is 0.107. The average molecular weight is 350 g/mol. The Hall–Kier alpha value is -1.69. The van der Waals surface area contributed by atoms with E-state index in [4.69, 9.17) is 11.6 Å². The van der Waals surface area contributed by atoms with Gasteiger partial charge in [0.1, 0.15) is 0 Å². The van der Waals surface area contributed by atoms with E-state index in [0.29, 0.717) is 20.5 Å². The van der Waals surface area contributed by atoms with Gasteiger partial charge < -0.3 is 10.0 Å². The Morgan fingerprint density at radius 2 is 2.00 bits per heavy atom. The summed E-state index contributed by atoms with van der Waals surface area (Å²) in [6.45, 7) is 3.75. The number of benzene rings is 1. The number of halogens is 1. The van der Waals surface area contributed by atoms with E-state index >= 15 is 0 Å². The van der Waals surface area contributed by atoms with Crippen molar-refractivity contribution in [2.45, 2.75) is 31.9 Å². The van der Waals surface area contributed by atoms with Crippen LogP contribution in [0, 0.1) is 0 Å². The van der Waals surface area contributed by atoms with Crippen molar-refractivity contribution in [1.82, 2.24) is 0 Å². The van der Waals surface area contributed by atoms with E-state index in [9.17, 15) is 14.7 Å². The van der Waals surface area contributed by atoms with Gasteiger partial charge in [-0.2, -0.15) is 0 Å². The van der Waals surface area contributed by atoms with Crippen molar-refractivity contribution in [3.05, 3.63) is 51.2 Å². The molecule has 2 aromatic rings. The highest BCUT2D eigenvalue weighted by Crippen LogP contribution is 2.44. The summed E-state index contributed by atoms with van der Waals surface area (Å²) in [5, 5.41) is 11.0. The fourth-order valence-corrected chi connectivity index (χ4v) is 3.91. The van der Waals surface area contributed by atoms with Gasteiger partial charge in [0.05, 0.1) is 21.3 Å². The number of amides is 1. The van der Waals surface area contributed by atoms with Crippen LogP contribution in [0.2, 0.25) is 4.34 Å². The maximum Gasteiger partial charge on any atom is 0.264 e. The van der Waals surface area contributed by atoms with Crippen LogP contribution in [-0.4, -0.2) is 22.8 Å². The van der Waals surface area contributed by atoms with Gasteiger partial charge in [0.25, 0.3) is 5.91 Å². The van der Waals surface area contributed by atoms with Gasteiger partial charge in [-0.1, -0.05) is 29.8 Å². The van der Waals surface area contributed by atoms with Crippen LogP contribution in [-0.2, 0) is 10.4 Å². The summed E-state index contributed by atoms with van der Waals surface area (Å²) in [7, 11) is 0. The molecule has 1 aromatic carbocycles. The predicted octanol–water partition coefficient (Wildman–Crippen LogP) is 3.62. The quantitative estimate of drug-likeness (QED) is 0.858. The maximum atomic E-state index is 12.8. The summed E-state index contributed by atoms with van der Waals surface area (Å²) in [5.74, 6) is -0.747. The number of carbonyl (C=O) groups excluding carboxylic acids is 2. The van der Waals surface area contributed by atoms with Gasteiger partial charge in [0, 0.05) is 11.6 Å². The highest BCUT2D eigenvalue weighted by Gasteiger charge is 2.51. The molecule has 1 aromatic heterocycles. The molecule has 0 fully saturated rings. The number of ketones is 1. The Labute approximate surface area is 143 Å². The van der Waals surface area contributed by atoms with Crippen LogP contribution < -0.4 is 4.90 Å². The fourth-order valence-electron chi connectivity index (χ4n) is 2.92. The van der Waals surface area contributed by atoms with Crippen LogP contribution in [0.1, 0.15) is 35.5 Å². The zero-order chi connectivity index (χ0) is 16.8. The van der Waals surface area contributed by atoms with E-state index in [1.165, 1.54) is 0 Å². The molecule has 1 N–H and O–H groups in total. The first-order valence-electron chi connectivity index (χ1n) is 7.28. The van der Waals surface area contributed by atoms with Crippen molar-refractivity contribution in [3.63, 3.8) is 0 Å². The molecule has 0 saturated carbocycles. The van der Waals surface area contributed by atoms with E-state index in [2.05, 4.69) is 0 Å². The second-order valence-corrected chi connectivity index (χ2v) is 7.57. The van der Waals surface area contributed by atoms with Crippen molar-refractivity contribution >= 4 is 40.3 Å². The molecule has 1 amide bonds. The van der Waals surface area contributed by atoms with Crippen molar-refractivity contribution in [2.24, 2.45) is 0 Å². The topological polar surface area (TPSA) is 57.6 Å². The largest absolute Gasteiger partial charge is 0.375 e. The number of rotatable bonds is 4. The highest BCUT2D eigenvalue weighted by atomic mass is 35.5. The van der Waals surface area contributed by atoms with Gasteiger partial charge in [0.15, 0.2) is 11.4 Å². The number of nitrogens with zero attached hydrogens (tertiary/aromatic N) is 1. The second kappa shape index (κ2) is 5.74. The molecule has 0 aliphatic carbocycles. The van der Waals surface area contributed by atoms with E-state index in [1.807, 2.05) is 19.9 Å². The summed E-state index contributed by atoms with van der Waals surface area (Å²) in [6, 6.07) is 10.2. The van der Waals surface area contributed by atoms with Gasteiger partial charge >= 0.3 is 0 Å². The highest BCUT2D eigenvalue weighted by molar-refractivity contribution is 7.18. The van der Waals surface area contributed by atoms with Gasteiger partial charge in [0.2, 0.25) is 0 Å². The zero-order valence-corrected chi connectivity index (χ0v) is 14.3. The van der Waals surface area contributed by atoms with Crippen molar-refractivity contribution in [1.29, 1.82) is 0 Å². The molecule has 1 aliphatic rings. The maximum absolute atomic E-state index is 12.8. The summed E-state index contributed by atoms with van der Waals surface area (Å²) in [6.07, 6.45) is -0.289. The monoisotopic (exact) mass is 349 g/mol. The molecule has 0 bridgehead atoms. The van der Waals surface area contributed by atoms with Gasteiger partial charge in [-0.05, 0) is 32.0 Å². The molecule has 1 atom stereocenters. The minimum atomic E-state index is -1.82. The minimum Gasteiger partial charge on any atom is -0.375 e. The first-order chi connectivity index (χ1) is 10.8. The third-order valence-electron chi connectivity index (χ3n) is 3.96. The summed E-state index contributed by atoms with van der Waals surface area (Å²) in [4.78, 5) is 27.3. The Kier molecular flexibility index (Phi) is 4.04. The Balaban J connectivity index is 2.00. The molecule has 23 heavy (non-hydrogen) atoms. The third-order valence-corrected chi connectivity index (χ3v) is 5.23. The molecule has 120 valence electrons. The van der Waals surface area contributed by atoms with Crippen molar-refractivity contribution in [3.8, 4) is 0 Å². The van der Waals surface area contributed by atoms with Gasteiger partial charge in [-0.25, -0.2) is 0 Å². The standard InChI is InChI=1S/C17H16ClNO3S/c1-10(2)19-12-6-4-3-5-11(12)17(22,16(19)21)9-13(20)14-7-8-15(18)23-14/h3-8,10,22H,9H2,1-2H3. The lowest BCUT2D eigenvalue weighted by molar-refractivity contribution is -0.136. The van der Waals surface area contributed by atoms with Crippen LogP contribution in [0.25, 0.3) is 0 Å². The molecule has 6 heteroatoms. The first-order valence-corrected chi connectivity index (χ1v) is 8.48. The summed E-state index contributed by atoms with van der Waals surface area (Å²) >= 11 is 7.01. The lowest BCUT2D eigenvalue weighted by Crippen LogP contribution is -2.44. The number of aliphatic hydroxyl groups is 1. The normalized spacial score (nSPS) is 20.2. The molecule has 0 spiro atoms. The molecular weight excluding hydrogens is 334 g/mol. The summed E-state index contributed by atoms with van der Waals surface area (Å²) in [5.41, 5.74) is -0.685. The Morgan fingerprint density at radius 1 is 1.30 bits per heavy atom. The van der Waals surface area contributed by atoms with E-state index < -0.39 is 11.5 Å². The van der Waals surface area contributed by atoms with Gasteiger partial charge in [-0.3, -0.25) is 9.59 Å². The van der Waals surface area contributed by atoms with Crippen LogP contribution >= 0.6 is 22.9 Å². The number of hydrogen-bond donors (Lipinski definition) is 1. The molecule has 0 saturated heterocycles. The Morgan fingerprint density at radius 3 is 2.61 bits per heavy atom. The first kappa shape index (κ1) is 16.2. The number of para-hydroxylation sites is 1. The number of hydrogen-bond acceptors (Lipinski definition) is 4. The number of anilines is 1. The van der Waals surface area contributed by atoms with Crippen LogP contribution in [0.5, 0.6) is 0 Å². The second-order valence-electron chi connectivity index (χ2n) is 5.85. The van der Waals surface area contributed by atoms with Gasteiger partial charge in [-0.15, -0.1) is 11.3 Å². The van der Waals surface area contributed by atoms with Crippen LogP contribution in [0.15, 0.2) is 36.4 Å². The molecule has 4 nitrogen and oxygen atoms in total. The number of Topliss-reactive ketones (excluding diaryl/α,β-unsaturated/α-hetero) is 1. The third kappa shape index (κ3) is 2.59. The molecule has 1 unspecified atom stereocenters. The smallest absolute Gasteiger partial charge is 0.264 e. The van der Waals surface area contributed by atoms with Crippen molar-refractivity contribution in [2.75, 3.05) is 4.90 Å². The summed E-state index contributed by atoms with van der Waals surface area (Å²) < 4.78 is 0.502. The number of carbonyl (C=O) groups is 2. The van der Waals surface area contributed by atoms with Crippen LogP contribution in [0.3, 0.4) is 0 Å². The van der Waals surface area contributed by atoms with Crippen LogP contribution in [0.4, 0.5) is 5.69 Å².